The van der Waals surface area contributed by atoms with Gasteiger partial charge in [-0.05, 0) is 38.3 Å². The van der Waals surface area contributed by atoms with Gasteiger partial charge >= 0.3 is 0 Å². The molecule has 232 valence electrons. The number of unbranched alkanes of at least 4 members (excludes halogenated alkanes) is 14. The third-order valence-corrected chi connectivity index (χ3v) is 7.98. The van der Waals surface area contributed by atoms with Gasteiger partial charge < -0.3 is 23.8 Å². The Kier molecular flexibility index (Phi) is 22.6. The molecule has 1 fully saturated rings. The first-order chi connectivity index (χ1) is 19.8. The third kappa shape index (κ3) is 20.0. The van der Waals surface area contributed by atoms with Crippen molar-refractivity contribution in [3.63, 3.8) is 0 Å². The molecule has 0 bridgehead atoms. The van der Waals surface area contributed by atoms with E-state index in [-0.39, 0.29) is 6.10 Å². The molecule has 0 amide bonds. The van der Waals surface area contributed by atoms with Crippen molar-refractivity contribution in [2.24, 2.45) is 0 Å². The van der Waals surface area contributed by atoms with Crippen LogP contribution in [0.15, 0.2) is 30.3 Å². The summed E-state index contributed by atoms with van der Waals surface area (Å²) in [4.78, 5) is 2.36. The SMILES string of the molecule is CCCCCCCCCCCCCCCCOCC(COCCCCC1CN(C)CCO1)OCc1ccccc1. The second kappa shape index (κ2) is 25.7. The average molecular weight is 562 g/mol. The molecule has 2 atom stereocenters. The molecular weight excluding hydrogens is 498 g/mol. The molecule has 1 aromatic carbocycles. The molecule has 0 aliphatic carbocycles. The van der Waals surface area contributed by atoms with Crippen LogP contribution in [0.25, 0.3) is 0 Å². The van der Waals surface area contributed by atoms with Crippen molar-refractivity contribution in [2.45, 2.75) is 135 Å². The lowest BCUT2D eigenvalue weighted by Gasteiger charge is -2.30. The molecule has 1 aromatic rings. The van der Waals surface area contributed by atoms with E-state index in [1.54, 1.807) is 0 Å². The van der Waals surface area contributed by atoms with Gasteiger partial charge in [0.05, 0.1) is 32.5 Å². The Morgan fingerprint density at radius 2 is 1.30 bits per heavy atom. The largest absolute Gasteiger partial charge is 0.379 e. The van der Waals surface area contributed by atoms with Crippen molar-refractivity contribution in [2.75, 3.05) is 53.2 Å². The Bertz CT molecular complexity index is 658. The first-order valence-corrected chi connectivity index (χ1v) is 16.9. The normalized spacial score (nSPS) is 16.9. The fraction of sp³-hybridized carbons (Fsp3) is 0.829. The van der Waals surface area contributed by atoms with Gasteiger partial charge in [-0.15, -0.1) is 0 Å². The maximum absolute atomic E-state index is 6.19. The number of nitrogens with zero attached hydrogens (tertiary/aromatic N) is 1. The first-order valence-electron chi connectivity index (χ1n) is 16.9. The summed E-state index contributed by atoms with van der Waals surface area (Å²) in [6.45, 7) is 8.63. The first kappa shape index (κ1) is 35.2. The molecule has 2 unspecified atom stereocenters. The van der Waals surface area contributed by atoms with Crippen molar-refractivity contribution in [3.05, 3.63) is 35.9 Å². The van der Waals surface area contributed by atoms with Crippen LogP contribution in [-0.4, -0.2) is 70.3 Å². The molecule has 1 saturated heterocycles. The quantitative estimate of drug-likeness (QED) is 0.101. The minimum absolute atomic E-state index is 0.0258. The number of benzene rings is 1. The van der Waals surface area contributed by atoms with Gasteiger partial charge in [0.25, 0.3) is 0 Å². The molecule has 0 aromatic heterocycles. The van der Waals surface area contributed by atoms with Gasteiger partial charge in [0.1, 0.15) is 6.10 Å². The van der Waals surface area contributed by atoms with E-state index in [0.29, 0.717) is 25.9 Å². The van der Waals surface area contributed by atoms with Crippen molar-refractivity contribution in [1.29, 1.82) is 0 Å². The van der Waals surface area contributed by atoms with Crippen LogP contribution >= 0.6 is 0 Å². The van der Waals surface area contributed by atoms with Crippen LogP contribution in [0.4, 0.5) is 0 Å². The van der Waals surface area contributed by atoms with E-state index in [9.17, 15) is 0 Å². The third-order valence-electron chi connectivity index (χ3n) is 7.98. The molecule has 0 N–H and O–H groups in total. The van der Waals surface area contributed by atoms with E-state index in [0.717, 1.165) is 58.6 Å². The molecule has 5 nitrogen and oxygen atoms in total. The molecule has 1 heterocycles. The monoisotopic (exact) mass is 561 g/mol. The Labute approximate surface area is 247 Å². The summed E-state index contributed by atoms with van der Waals surface area (Å²) in [5.74, 6) is 0. The van der Waals surface area contributed by atoms with Crippen LogP contribution in [0, 0.1) is 0 Å². The highest BCUT2D eigenvalue weighted by Crippen LogP contribution is 2.14. The lowest BCUT2D eigenvalue weighted by molar-refractivity contribution is -0.0680. The average Bonchev–Trinajstić information content (AvgIpc) is 2.97. The standard InChI is InChI=1S/C35H63NO4/c1-3-4-5-6-7-8-9-10-11-12-13-14-15-20-26-37-31-35(40-30-33-22-17-16-18-23-33)32-38-27-21-19-24-34-29-36(2)25-28-39-34/h16-18,22-23,34-35H,3-15,19-21,24-32H2,1-2H3. The van der Waals surface area contributed by atoms with Crippen LogP contribution in [0.2, 0.25) is 0 Å². The Morgan fingerprint density at radius 3 is 1.88 bits per heavy atom. The zero-order valence-corrected chi connectivity index (χ0v) is 26.3. The van der Waals surface area contributed by atoms with E-state index in [2.05, 4.69) is 43.1 Å². The van der Waals surface area contributed by atoms with Crippen LogP contribution in [0.3, 0.4) is 0 Å². The number of hydrogen-bond donors (Lipinski definition) is 0. The fourth-order valence-electron chi connectivity index (χ4n) is 5.38. The smallest absolute Gasteiger partial charge is 0.105 e. The highest BCUT2D eigenvalue weighted by molar-refractivity contribution is 5.13. The van der Waals surface area contributed by atoms with Gasteiger partial charge in [-0.3, -0.25) is 0 Å². The highest BCUT2D eigenvalue weighted by Gasteiger charge is 2.17. The van der Waals surface area contributed by atoms with E-state index >= 15 is 0 Å². The van der Waals surface area contributed by atoms with Gasteiger partial charge in [0.15, 0.2) is 0 Å². The lowest BCUT2D eigenvalue weighted by Crippen LogP contribution is -2.39. The summed E-state index contributed by atoms with van der Waals surface area (Å²) in [7, 11) is 2.18. The van der Waals surface area contributed by atoms with Gasteiger partial charge in [-0.1, -0.05) is 121 Å². The molecule has 0 saturated carbocycles. The molecule has 0 radical (unpaired) electrons. The highest BCUT2D eigenvalue weighted by atomic mass is 16.6. The second-order valence-electron chi connectivity index (χ2n) is 11.9. The predicted octanol–water partition coefficient (Wildman–Crippen LogP) is 8.59. The van der Waals surface area contributed by atoms with Gasteiger partial charge in [-0.25, -0.2) is 0 Å². The van der Waals surface area contributed by atoms with Crippen LogP contribution in [0.1, 0.15) is 122 Å². The number of hydrogen-bond acceptors (Lipinski definition) is 5. The van der Waals surface area contributed by atoms with Crippen LogP contribution in [-0.2, 0) is 25.6 Å². The minimum atomic E-state index is -0.0258. The summed E-state index contributed by atoms with van der Waals surface area (Å²) in [6, 6.07) is 10.4. The summed E-state index contributed by atoms with van der Waals surface area (Å²) in [6.07, 6.45) is 23.0. The molecule has 2 rings (SSSR count). The molecular formula is C35H63NO4. The van der Waals surface area contributed by atoms with E-state index in [1.165, 1.54) is 89.0 Å². The van der Waals surface area contributed by atoms with E-state index < -0.39 is 0 Å². The lowest BCUT2D eigenvalue weighted by atomic mass is 10.0. The van der Waals surface area contributed by atoms with Crippen molar-refractivity contribution >= 4 is 0 Å². The summed E-state index contributed by atoms with van der Waals surface area (Å²) in [5.41, 5.74) is 1.19. The zero-order valence-electron chi connectivity index (χ0n) is 26.3. The molecule has 1 aliphatic heterocycles. The predicted molar refractivity (Wildman–Crippen MR) is 168 cm³/mol. The molecule has 1 aliphatic rings. The van der Waals surface area contributed by atoms with Crippen molar-refractivity contribution < 1.29 is 18.9 Å². The van der Waals surface area contributed by atoms with E-state index in [1.807, 2.05) is 6.07 Å². The fourth-order valence-corrected chi connectivity index (χ4v) is 5.38. The second-order valence-corrected chi connectivity index (χ2v) is 11.9. The van der Waals surface area contributed by atoms with Crippen molar-refractivity contribution in [3.8, 4) is 0 Å². The summed E-state index contributed by atoms with van der Waals surface area (Å²) in [5, 5.41) is 0. The number of ether oxygens (including phenoxy) is 4. The maximum Gasteiger partial charge on any atom is 0.105 e. The van der Waals surface area contributed by atoms with Crippen LogP contribution in [0.5, 0.6) is 0 Å². The van der Waals surface area contributed by atoms with Crippen LogP contribution < -0.4 is 0 Å². The number of morpholine rings is 1. The number of rotatable bonds is 27. The molecule has 40 heavy (non-hydrogen) atoms. The van der Waals surface area contributed by atoms with Gasteiger partial charge in [0.2, 0.25) is 0 Å². The van der Waals surface area contributed by atoms with Gasteiger partial charge in [-0.2, -0.15) is 0 Å². The number of likely N-dealkylation sites (N-methyl/N-ethyl adjacent to an activating group) is 1. The Morgan fingerprint density at radius 1 is 0.750 bits per heavy atom. The summed E-state index contributed by atoms with van der Waals surface area (Å²) >= 11 is 0. The minimum Gasteiger partial charge on any atom is -0.379 e. The van der Waals surface area contributed by atoms with E-state index in [4.69, 9.17) is 18.9 Å². The van der Waals surface area contributed by atoms with Crippen molar-refractivity contribution in [1.82, 2.24) is 4.90 Å². The Balaban J connectivity index is 1.46. The van der Waals surface area contributed by atoms with Gasteiger partial charge in [0, 0.05) is 26.3 Å². The molecule has 5 heteroatoms. The zero-order chi connectivity index (χ0) is 28.4. The summed E-state index contributed by atoms with van der Waals surface area (Å²) < 4.78 is 24.1. The molecule has 0 spiro atoms. The maximum atomic E-state index is 6.19. The topological polar surface area (TPSA) is 40.2 Å². The Hall–Kier alpha value is -0.980.